The highest BCUT2D eigenvalue weighted by molar-refractivity contribution is 5.69. The fraction of sp³-hybridized carbons (Fsp3) is 0.857. The van der Waals surface area contributed by atoms with Crippen molar-refractivity contribution < 1.29 is 22.7 Å². The first-order valence-corrected chi connectivity index (χ1v) is 3.84. The number of hydrogen-bond donors (Lipinski definition) is 1. The number of esters is 1. The lowest BCUT2D eigenvalue weighted by molar-refractivity contribution is -0.182. The number of hydrogen-bond acceptors (Lipinski definition) is 3. The second-order valence-electron chi connectivity index (χ2n) is 2.48. The Balaban J connectivity index is 4.06. The second-order valence-corrected chi connectivity index (χ2v) is 2.48. The Morgan fingerprint density at radius 3 is 2.38 bits per heavy atom. The minimum absolute atomic E-state index is 0.0774. The molecule has 0 aromatic carbocycles. The zero-order valence-corrected chi connectivity index (χ0v) is 7.23. The summed E-state index contributed by atoms with van der Waals surface area (Å²) in [5.74, 6) is -2.66. The third-order valence-corrected chi connectivity index (χ3v) is 1.47. The van der Waals surface area contributed by atoms with Gasteiger partial charge in [-0.25, -0.2) is 0 Å². The Hall–Kier alpha value is -0.780. The van der Waals surface area contributed by atoms with Crippen LogP contribution in [-0.4, -0.2) is 25.3 Å². The van der Waals surface area contributed by atoms with E-state index in [0.717, 1.165) is 0 Å². The molecule has 0 bridgehead atoms. The summed E-state index contributed by atoms with van der Waals surface area (Å²) in [4.78, 5) is 10.7. The number of alkyl halides is 3. The Bertz CT molecular complexity index is 170. The molecule has 0 aromatic heterocycles. The minimum atomic E-state index is -4.43. The van der Waals surface area contributed by atoms with Gasteiger partial charge in [0.05, 0.1) is 18.9 Å². The number of carbonyl (C=O) groups excluding carboxylic acids is 1. The van der Waals surface area contributed by atoms with Crippen LogP contribution in [0.25, 0.3) is 0 Å². The summed E-state index contributed by atoms with van der Waals surface area (Å²) in [6, 6.07) is 0. The topological polar surface area (TPSA) is 52.3 Å². The monoisotopic (exact) mass is 199 g/mol. The number of carbonyl (C=O) groups is 1. The highest BCUT2D eigenvalue weighted by Crippen LogP contribution is 2.28. The molecule has 6 heteroatoms. The smallest absolute Gasteiger partial charge is 0.393 e. The normalized spacial score (nSPS) is 13.9. The summed E-state index contributed by atoms with van der Waals surface area (Å²) >= 11 is 0. The van der Waals surface area contributed by atoms with Gasteiger partial charge in [0.1, 0.15) is 0 Å². The molecule has 0 saturated heterocycles. The van der Waals surface area contributed by atoms with Crippen LogP contribution in [0.3, 0.4) is 0 Å². The van der Waals surface area contributed by atoms with Crippen LogP contribution in [0.15, 0.2) is 0 Å². The predicted octanol–water partition coefficient (Wildman–Crippen LogP) is 1.08. The van der Waals surface area contributed by atoms with Crippen LogP contribution in [0, 0.1) is 5.92 Å². The maximum absolute atomic E-state index is 12.0. The third-order valence-electron chi connectivity index (χ3n) is 1.47. The van der Waals surface area contributed by atoms with Crippen LogP contribution < -0.4 is 5.73 Å². The molecule has 0 aliphatic heterocycles. The van der Waals surface area contributed by atoms with Crippen molar-refractivity contribution in [1.82, 2.24) is 0 Å². The molecule has 0 amide bonds. The van der Waals surface area contributed by atoms with Gasteiger partial charge in [-0.2, -0.15) is 13.2 Å². The standard InChI is InChI=1S/C7H12F3NO2/c1-2-13-6(12)3-5(4-11)7(8,9)10/h5H,2-4,11H2,1H3. The van der Waals surface area contributed by atoms with E-state index in [-0.39, 0.29) is 6.61 Å². The van der Waals surface area contributed by atoms with E-state index in [2.05, 4.69) is 4.74 Å². The number of halogens is 3. The molecule has 0 saturated carbocycles. The summed E-state index contributed by atoms with van der Waals surface area (Å²) in [6.07, 6.45) is -5.13. The lowest BCUT2D eigenvalue weighted by atomic mass is 10.1. The molecule has 0 spiro atoms. The number of rotatable bonds is 4. The lowest BCUT2D eigenvalue weighted by Crippen LogP contribution is -2.32. The Labute approximate surface area is 74.0 Å². The van der Waals surface area contributed by atoms with Gasteiger partial charge in [0, 0.05) is 6.54 Å². The van der Waals surface area contributed by atoms with Crippen LogP contribution >= 0.6 is 0 Å². The number of nitrogens with two attached hydrogens (primary N) is 1. The molecule has 0 fully saturated rings. The van der Waals surface area contributed by atoms with E-state index < -0.39 is 31.0 Å². The first-order valence-electron chi connectivity index (χ1n) is 3.84. The van der Waals surface area contributed by atoms with Crippen molar-refractivity contribution in [2.24, 2.45) is 11.7 Å². The van der Waals surface area contributed by atoms with Crippen molar-refractivity contribution >= 4 is 5.97 Å². The van der Waals surface area contributed by atoms with Crippen LogP contribution in [0.1, 0.15) is 13.3 Å². The predicted molar refractivity (Wildman–Crippen MR) is 39.8 cm³/mol. The fourth-order valence-corrected chi connectivity index (χ4v) is 0.754. The largest absolute Gasteiger partial charge is 0.466 e. The van der Waals surface area contributed by atoms with E-state index >= 15 is 0 Å². The van der Waals surface area contributed by atoms with Crippen molar-refractivity contribution in [3.05, 3.63) is 0 Å². The highest BCUT2D eigenvalue weighted by atomic mass is 19.4. The van der Waals surface area contributed by atoms with Crippen molar-refractivity contribution in [2.45, 2.75) is 19.5 Å². The molecule has 0 aliphatic carbocycles. The van der Waals surface area contributed by atoms with E-state index in [1.165, 1.54) is 6.92 Å². The molecule has 0 heterocycles. The van der Waals surface area contributed by atoms with E-state index in [9.17, 15) is 18.0 Å². The van der Waals surface area contributed by atoms with Gasteiger partial charge in [-0.05, 0) is 6.92 Å². The van der Waals surface area contributed by atoms with Crippen LogP contribution in [-0.2, 0) is 9.53 Å². The summed E-state index contributed by atoms with van der Waals surface area (Å²) in [6.45, 7) is 1.01. The van der Waals surface area contributed by atoms with E-state index in [1.54, 1.807) is 0 Å². The van der Waals surface area contributed by atoms with E-state index in [4.69, 9.17) is 5.73 Å². The van der Waals surface area contributed by atoms with Gasteiger partial charge in [-0.3, -0.25) is 4.79 Å². The van der Waals surface area contributed by atoms with Gasteiger partial charge in [0.15, 0.2) is 0 Å². The maximum atomic E-state index is 12.0. The van der Waals surface area contributed by atoms with Crippen LogP contribution in [0.2, 0.25) is 0 Å². The Kier molecular flexibility index (Phi) is 4.76. The summed E-state index contributed by atoms with van der Waals surface area (Å²) in [5.41, 5.74) is 4.88. The molecule has 2 N–H and O–H groups in total. The van der Waals surface area contributed by atoms with Gasteiger partial charge < -0.3 is 10.5 Å². The lowest BCUT2D eigenvalue weighted by Gasteiger charge is -2.16. The molecule has 0 radical (unpaired) electrons. The van der Waals surface area contributed by atoms with Gasteiger partial charge in [0.2, 0.25) is 0 Å². The maximum Gasteiger partial charge on any atom is 0.393 e. The van der Waals surface area contributed by atoms with Crippen LogP contribution in [0.4, 0.5) is 13.2 Å². The molecule has 13 heavy (non-hydrogen) atoms. The van der Waals surface area contributed by atoms with Crippen LogP contribution in [0.5, 0.6) is 0 Å². The van der Waals surface area contributed by atoms with Crippen molar-refractivity contribution in [1.29, 1.82) is 0 Å². The average Bonchev–Trinajstić information content (AvgIpc) is 1.98. The third kappa shape index (κ3) is 4.72. The van der Waals surface area contributed by atoms with E-state index in [1.807, 2.05) is 0 Å². The Morgan fingerprint density at radius 2 is 2.08 bits per heavy atom. The van der Waals surface area contributed by atoms with E-state index in [0.29, 0.717) is 0 Å². The van der Waals surface area contributed by atoms with Crippen molar-refractivity contribution in [3.8, 4) is 0 Å². The molecular formula is C7H12F3NO2. The zero-order chi connectivity index (χ0) is 10.5. The first kappa shape index (κ1) is 12.2. The molecule has 0 aliphatic rings. The first-order chi connectivity index (χ1) is 5.91. The van der Waals surface area contributed by atoms with Crippen molar-refractivity contribution in [2.75, 3.05) is 13.2 Å². The van der Waals surface area contributed by atoms with Gasteiger partial charge in [-0.15, -0.1) is 0 Å². The van der Waals surface area contributed by atoms with Gasteiger partial charge >= 0.3 is 12.1 Å². The summed E-state index contributed by atoms with van der Waals surface area (Å²) in [7, 11) is 0. The SMILES string of the molecule is CCOC(=O)CC(CN)C(F)(F)F. The number of ether oxygens (including phenoxy) is 1. The Morgan fingerprint density at radius 1 is 1.54 bits per heavy atom. The summed E-state index contributed by atoms with van der Waals surface area (Å²) < 4.78 is 40.5. The van der Waals surface area contributed by atoms with Gasteiger partial charge in [0.25, 0.3) is 0 Å². The molecule has 78 valence electrons. The molecule has 1 atom stereocenters. The average molecular weight is 199 g/mol. The van der Waals surface area contributed by atoms with Gasteiger partial charge in [-0.1, -0.05) is 0 Å². The minimum Gasteiger partial charge on any atom is -0.466 e. The molecule has 1 unspecified atom stereocenters. The molecule has 3 nitrogen and oxygen atoms in total. The fourth-order valence-electron chi connectivity index (χ4n) is 0.754. The zero-order valence-electron chi connectivity index (χ0n) is 7.23. The molecule has 0 rings (SSSR count). The molecule has 0 aromatic rings. The quantitative estimate of drug-likeness (QED) is 0.689. The van der Waals surface area contributed by atoms with Crippen molar-refractivity contribution in [3.63, 3.8) is 0 Å². The second kappa shape index (κ2) is 5.06. The molecular weight excluding hydrogens is 187 g/mol. The highest BCUT2D eigenvalue weighted by Gasteiger charge is 2.40. The summed E-state index contributed by atoms with van der Waals surface area (Å²) in [5, 5.41) is 0.